The van der Waals surface area contributed by atoms with Crippen molar-refractivity contribution in [3.8, 4) is 0 Å². The Bertz CT molecular complexity index is 712. The average Bonchev–Trinajstić information content (AvgIpc) is 2.62. The second-order valence-electron chi connectivity index (χ2n) is 6.05. The van der Waals surface area contributed by atoms with Crippen molar-refractivity contribution in [2.24, 2.45) is 0 Å². The van der Waals surface area contributed by atoms with Gasteiger partial charge in [-0.1, -0.05) is 35.9 Å². The molecule has 3 rings (SSSR count). The summed E-state index contributed by atoms with van der Waals surface area (Å²) in [5.41, 5.74) is 2.48. The largest absolute Gasteiger partial charge is 0.392 e. The predicted octanol–water partition coefficient (Wildman–Crippen LogP) is 3.55. The number of hydrogen-bond donors (Lipinski definition) is 2. The van der Waals surface area contributed by atoms with Crippen molar-refractivity contribution in [3.63, 3.8) is 0 Å². The third kappa shape index (κ3) is 3.89. The predicted molar refractivity (Wildman–Crippen MR) is 96.4 cm³/mol. The highest BCUT2D eigenvalue weighted by Crippen LogP contribution is 2.22. The van der Waals surface area contributed by atoms with E-state index in [0.717, 1.165) is 24.1 Å². The topological polar surface area (TPSA) is 52.6 Å². The van der Waals surface area contributed by atoms with Crippen LogP contribution in [0.25, 0.3) is 0 Å². The van der Waals surface area contributed by atoms with Gasteiger partial charge in [0.15, 0.2) is 0 Å². The molecule has 1 amide bonds. The zero-order valence-electron chi connectivity index (χ0n) is 13.4. The number of nitrogens with one attached hydrogen (secondary N) is 1. The van der Waals surface area contributed by atoms with Crippen molar-refractivity contribution in [1.29, 1.82) is 0 Å². The maximum Gasteiger partial charge on any atom is 0.255 e. The smallest absolute Gasteiger partial charge is 0.255 e. The molecule has 2 N–H and O–H groups in total. The van der Waals surface area contributed by atoms with Gasteiger partial charge in [-0.05, 0) is 42.7 Å². The molecule has 0 spiro atoms. The van der Waals surface area contributed by atoms with Crippen molar-refractivity contribution >= 4 is 23.2 Å². The Labute approximate surface area is 147 Å². The number of hydrogen-bond acceptors (Lipinski definition) is 3. The highest BCUT2D eigenvalue weighted by Gasteiger charge is 2.24. The number of likely N-dealkylation sites (tertiary alicyclic amines) is 1. The van der Waals surface area contributed by atoms with Crippen LogP contribution in [0.1, 0.15) is 28.8 Å². The molecule has 0 aromatic heterocycles. The summed E-state index contributed by atoms with van der Waals surface area (Å²) in [6, 6.07) is 15.3. The summed E-state index contributed by atoms with van der Waals surface area (Å²) in [7, 11) is 0. The van der Waals surface area contributed by atoms with E-state index >= 15 is 0 Å². The lowest BCUT2D eigenvalue weighted by Gasteiger charge is -2.33. The van der Waals surface area contributed by atoms with Crippen LogP contribution in [0.3, 0.4) is 0 Å². The third-order valence-electron chi connectivity index (χ3n) is 4.37. The number of aliphatic hydroxyl groups is 1. The second kappa shape index (κ2) is 7.69. The summed E-state index contributed by atoms with van der Waals surface area (Å²) < 4.78 is 0. The van der Waals surface area contributed by atoms with Crippen molar-refractivity contribution in [2.45, 2.75) is 25.5 Å². The van der Waals surface area contributed by atoms with Gasteiger partial charge in [0.25, 0.3) is 5.91 Å². The summed E-state index contributed by atoms with van der Waals surface area (Å²) in [4.78, 5) is 14.4. The minimum atomic E-state index is 0.00123. The van der Waals surface area contributed by atoms with Crippen LogP contribution in [-0.4, -0.2) is 35.0 Å². The number of carbonyl (C=O) groups is 1. The molecule has 1 heterocycles. The van der Waals surface area contributed by atoms with E-state index in [1.807, 2.05) is 41.3 Å². The van der Waals surface area contributed by atoms with E-state index in [-0.39, 0.29) is 12.5 Å². The normalized spacial score (nSPS) is 15.3. The first-order valence-electron chi connectivity index (χ1n) is 8.17. The summed E-state index contributed by atoms with van der Waals surface area (Å²) in [6.07, 6.45) is 1.78. The fourth-order valence-corrected chi connectivity index (χ4v) is 3.24. The van der Waals surface area contributed by atoms with E-state index in [2.05, 4.69) is 5.32 Å². The molecule has 0 bridgehead atoms. The lowest BCUT2D eigenvalue weighted by molar-refractivity contribution is 0.0718. The second-order valence-corrected chi connectivity index (χ2v) is 6.46. The first kappa shape index (κ1) is 16.8. The SMILES string of the molecule is O=C(c1ccccc1Cl)N1CCC(Nc2cccc(CO)c2)CC1. The molecule has 4 nitrogen and oxygen atoms in total. The molecule has 2 aromatic carbocycles. The van der Waals surface area contributed by atoms with E-state index in [9.17, 15) is 9.90 Å². The van der Waals surface area contributed by atoms with Gasteiger partial charge in [-0.15, -0.1) is 0 Å². The lowest BCUT2D eigenvalue weighted by Crippen LogP contribution is -2.42. The monoisotopic (exact) mass is 344 g/mol. The maximum atomic E-state index is 12.6. The molecule has 1 aliphatic heterocycles. The summed E-state index contributed by atoms with van der Waals surface area (Å²) in [5.74, 6) is 0.00123. The highest BCUT2D eigenvalue weighted by molar-refractivity contribution is 6.33. The average molecular weight is 345 g/mol. The Morgan fingerprint density at radius 1 is 1.17 bits per heavy atom. The number of rotatable bonds is 4. The van der Waals surface area contributed by atoms with Crippen molar-refractivity contribution in [2.75, 3.05) is 18.4 Å². The Morgan fingerprint density at radius 3 is 2.62 bits per heavy atom. The van der Waals surface area contributed by atoms with Gasteiger partial charge in [-0.25, -0.2) is 0 Å². The van der Waals surface area contributed by atoms with Gasteiger partial charge >= 0.3 is 0 Å². The van der Waals surface area contributed by atoms with Gasteiger partial charge < -0.3 is 15.3 Å². The standard InChI is InChI=1S/C19H21ClN2O2/c20-18-7-2-1-6-17(18)19(24)22-10-8-15(9-11-22)21-16-5-3-4-14(12-16)13-23/h1-7,12,15,21,23H,8-11,13H2. The number of piperidine rings is 1. The Balaban J connectivity index is 1.57. The first-order valence-corrected chi connectivity index (χ1v) is 8.55. The van der Waals surface area contributed by atoms with Crippen molar-refractivity contribution < 1.29 is 9.90 Å². The van der Waals surface area contributed by atoms with Crippen LogP contribution in [-0.2, 0) is 6.61 Å². The van der Waals surface area contributed by atoms with E-state index < -0.39 is 0 Å². The molecule has 126 valence electrons. The van der Waals surface area contributed by atoms with Gasteiger partial charge in [0.1, 0.15) is 0 Å². The Morgan fingerprint density at radius 2 is 1.92 bits per heavy atom. The number of carbonyl (C=O) groups excluding carboxylic acids is 1. The van der Waals surface area contributed by atoms with E-state index in [0.29, 0.717) is 29.7 Å². The molecule has 0 unspecified atom stereocenters. The molecule has 1 aliphatic rings. The number of anilines is 1. The molecule has 0 radical (unpaired) electrons. The number of nitrogens with zero attached hydrogens (tertiary/aromatic N) is 1. The number of benzene rings is 2. The first-order chi connectivity index (χ1) is 11.7. The Hall–Kier alpha value is -2.04. The number of halogens is 1. The summed E-state index contributed by atoms with van der Waals surface area (Å²) >= 11 is 6.12. The Kier molecular flexibility index (Phi) is 5.38. The molecule has 5 heteroatoms. The van der Waals surface area contributed by atoms with Crippen molar-refractivity contribution in [1.82, 2.24) is 4.90 Å². The van der Waals surface area contributed by atoms with Crippen LogP contribution in [0.5, 0.6) is 0 Å². The minimum absolute atomic E-state index is 0.00123. The molecule has 0 saturated carbocycles. The maximum absolute atomic E-state index is 12.6. The van der Waals surface area contributed by atoms with Gasteiger partial charge in [-0.3, -0.25) is 4.79 Å². The minimum Gasteiger partial charge on any atom is -0.392 e. The fourth-order valence-electron chi connectivity index (χ4n) is 3.03. The van der Waals surface area contributed by atoms with Crippen LogP contribution in [0.4, 0.5) is 5.69 Å². The highest BCUT2D eigenvalue weighted by atomic mass is 35.5. The van der Waals surface area contributed by atoms with Crippen LogP contribution >= 0.6 is 11.6 Å². The van der Waals surface area contributed by atoms with Gasteiger partial charge in [-0.2, -0.15) is 0 Å². The summed E-state index contributed by atoms with van der Waals surface area (Å²) in [5, 5.41) is 13.2. The van der Waals surface area contributed by atoms with E-state index in [1.54, 1.807) is 12.1 Å². The number of amides is 1. The summed E-state index contributed by atoms with van der Waals surface area (Å²) in [6.45, 7) is 1.46. The number of aliphatic hydroxyl groups excluding tert-OH is 1. The van der Waals surface area contributed by atoms with Crippen LogP contribution in [0.15, 0.2) is 48.5 Å². The fraction of sp³-hybridized carbons (Fsp3) is 0.316. The zero-order valence-corrected chi connectivity index (χ0v) is 14.2. The lowest BCUT2D eigenvalue weighted by atomic mass is 10.0. The molecular formula is C19H21ClN2O2. The molecule has 1 fully saturated rings. The van der Waals surface area contributed by atoms with E-state index in [1.165, 1.54) is 0 Å². The van der Waals surface area contributed by atoms with E-state index in [4.69, 9.17) is 11.6 Å². The quantitative estimate of drug-likeness (QED) is 0.891. The molecule has 1 saturated heterocycles. The van der Waals surface area contributed by atoms with Crippen LogP contribution in [0.2, 0.25) is 5.02 Å². The van der Waals surface area contributed by atoms with Gasteiger partial charge in [0, 0.05) is 24.8 Å². The molecular weight excluding hydrogens is 324 g/mol. The van der Waals surface area contributed by atoms with Gasteiger partial charge in [0.05, 0.1) is 17.2 Å². The molecule has 2 aromatic rings. The molecule has 0 aliphatic carbocycles. The molecule has 0 atom stereocenters. The van der Waals surface area contributed by atoms with Crippen molar-refractivity contribution in [3.05, 3.63) is 64.7 Å². The third-order valence-corrected chi connectivity index (χ3v) is 4.70. The molecule has 24 heavy (non-hydrogen) atoms. The van der Waals surface area contributed by atoms with Crippen LogP contribution < -0.4 is 5.32 Å². The zero-order chi connectivity index (χ0) is 16.9. The van der Waals surface area contributed by atoms with Gasteiger partial charge in [0.2, 0.25) is 0 Å². The van der Waals surface area contributed by atoms with Crippen LogP contribution in [0, 0.1) is 0 Å².